The number of anilines is 2. The van der Waals surface area contributed by atoms with Gasteiger partial charge in [-0.1, -0.05) is 30.3 Å². The summed E-state index contributed by atoms with van der Waals surface area (Å²) in [5.41, 5.74) is 2.49. The Bertz CT molecular complexity index is 1300. The minimum Gasteiger partial charge on any atom is -0.339 e. The Labute approximate surface area is 206 Å². The van der Waals surface area contributed by atoms with Gasteiger partial charge in [0, 0.05) is 37.4 Å². The average molecular weight is 489 g/mol. The number of fused-ring (bicyclic) bond motifs is 1. The van der Waals surface area contributed by atoms with Gasteiger partial charge in [-0.15, -0.1) is 22.7 Å². The molecule has 1 saturated heterocycles. The number of para-hydroxylation sites is 2. The van der Waals surface area contributed by atoms with Crippen molar-refractivity contribution >= 4 is 61.6 Å². The van der Waals surface area contributed by atoms with Crippen molar-refractivity contribution in [2.75, 3.05) is 18.0 Å². The molecule has 0 atom stereocenters. The predicted octanol–water partition coefficient (Wildman–Crippen LogP) is 5.86. The van der Waals surface area contributed by atoms with E-state index in [0.717, 1.165) is 37.1 Å². The van der Waals surface area contributed by atoms with Crippen LogP contribution in [0.25, 0.3) is 16.3 Å². The molecular formula is C26H24N4O2S2. The van der Waals surface area contributed by atoms with Gasteiger partial charge in [0.15, 0.2) is 5.13 Å². The first-order chi connectivity index (χ1) is 16.6. The number of carbonyl (C=O) groups excluding carboxylic acids is 2. The second kappa shape index (κ2) is 9.87. The fourth-order valence-electron chi connectivity index (χ4n) is 4.13. The first kappa shape index (κ1) is 22.4. The Morgan fingerprint density at radius 3 is 2.50 bits per heavy atom. The van der Waals surface area contributed by atoms with E-state index < -0.39 is 0 Å². The third-order valence-corrected chi connectivity index (χ3v) is 7.94. The average Bonchev–Trinajstić information content (AvgIpc) is 3.50. The van der Waals surface area contributed by atoms with E-state index in [1.165, 1.54) is 28.0 Å². The van der Waals surface area contributed by atoms with Gasteiger partial charge in [-0.25, -0.2) is 9.97 Å². The number of aromatic nitrogens is 2. The largest absolute Gasteiger partial charge is 0.339 e. The topological polar surface area (TPSA) is 66.4 Å². The molecule has 2 amide bonds. The number of hydrogen-bond donors (Lipinski definition) is 0. The zero-order chi connectivity index (χ0) is 23.5. The van der Waals surface area contributed by atoms with Gasteiger partial charge in [-0.05, 0) is 43.2 Å². The van der Waals surface area contributed by atoms with Crippen LogP contribution in [-0.2, 0) is 9.59 Å². The molecular weight excluding hydrogens is 464 g/mol. The highest BCUT2D eigenvalue weighted by Crippen LogP contribution is 2.34. The lowest BCUT2D eigenvalue weighted by atomic mass is 9.97. The molecule has 1 aliphatic rings. The van der Waals surface area contributed by atoms with Gasteiger partial charge >= 0.3 is 0 Å². The summed E-state index contributed by atoms with van der Waals surface area (Å²) < 4.78 is 1.22. The summed E-state index contributed by atoms with van der Waals surface area (Å²) >= 11 is 3.14. The SMILES string of the molecule is CC(=O)N(c1ccccc1)c1nc(C=CC(=O)N2CCC(c3nc4ccccc4s3)CC2)cs1. The van der Waals surface area contributed by atoms with E-state index in [0.29, 0.717) is 16.7 Å². The lowest BCUT2D eigenvalue weighted by Crippen LogP contribution is -2.36. The molecule has 0 spiro atoms. The number of likely N-dealkylation sites (tertiary alicyclic amines) is 1. The van der Waals surface area contributed by atoms with Crippen LogP contribution in [0.2, 0.25) is 0 Å². The zero-order valence-electron chi connectivity index (χ0n) is 18.8. The van der Waals surface area contributed by atoms with Gasteiger partial charge in [0.1, 0.15) is 0 Å². The summed E-state index contributed by atoms with van der Waals surface area (Å²) in [4.78, 5) is 37.8. The number of benzene rings is 2. The molecule has 2 aromatic heterocycles. The molecule has 2 aromatic carbocycles. The van der Waals surface area contributed by atoms with Gasteiger partial charge in [-0.2, -0.15) is 0 Å². The molecule has 0 unspecified atom stereocenters. The van der Waals surface area contributed by atoms with Gasteiger partial charge in [-0.3, -0.25) is 14.5 Å². The van der Waals surface area contributed by atoms with Crippen molar-refractivity contribution in [2.45, 2.75) is 25.7 Å². The molecule has 5 rings (SSSR count). The van der Waals surface area contributed by atoms with Crippen LogP contribution in [0.15, 0.2) is 66.1 Å². The van der Waals surface area contributed by atoms with Crippen LogP contribution in [0.4, 0.5) is 10.8 Å². The summed E-state index contributed by atoms with van der Waals surface area (Å²) in [7, 11) is 0. The molecule has 0 saturated carbocycles. The summed E-state index contributed by atoms with van der Waals surface area (Å²) in [6, 6.07) is 17.7. The van der Waals surface area contributed by atoms with Crippen LogP contribution >= 0.6 is 22.7 Å². The first-order valence-electron chi connectivity index (χ1n) is 11.2. The van der Waals surface area contributed by atoms with Crippen molar-refractivity contribution in [1.82, 2.24) is 14.9 Å². The molecule has 34 heavy (non-hydrogen) atoms. The van der Waals surface area contributed by atoms with E-state index in [1.54, 1.807) is 28.4 Å². The predicted molar refractivity (Wildman–Crippen MR) is 139 cm³/mol. The Balaban J connectivity index is 1.21. The minimum absolute atomic E-state index is 0.0104. The third-order valence-electron chi connectivity index (χ3n) is 5.89. The second-order valence-corrected chi connectivity index (χ2v) is 10.1. The highest BCUT2D eigenvalue weighted by atomic mass is 32.1. The molecule has 8 heteroatoms. The van der Waals surface area contributed by atoms with E-state index in [4.69, 9.17) is 4.98 Å². The summed E-state index contributed by atoms with van der Waals surface area (Å²) in [5, 5.41) is 3.62. The molecule has 6 nitrogen and oxygen atoms in total. The summed E-state index contributed by atoms with van der Waals surface area (Å²) in [6.45, 7) is 2.96. The molecule has 0 aliphatic carbocycles. The third kappa shape index (κ3) is 4.78. The van der Waals surface area contributed by atoms with Gasteiger partial charge < -0.3 is 4.90 Å². The quantitative estimate of drug-likeness (QED) is 0.330. The summed E-state index contributed by atoms with van der Waals surface area (Å²) in [6.07, 6.45) is 5.15. The van der Waals surface area contributed by atoms with E-state index in [-0.39, 0.29) is 11.8 Å². The molecule has 1 fully saturated rings. The highest BCUT2D eigenvalue weighted by molar-refractivity contribution is 7.18. The van der Waals surface area contributed by atoms with Crippen molar-refractivity contribution in [3.63, 3.8) is 0 Å². The lowest BCUT2D eigenvalue weighted by Gasteiger charge is -2.30. The van der Waals surface area contributed by atoms with Crippen LogP contribution in [0.5, 0.6) is 0 Å². The molecule has 1 aliphatic heterocycles. The maximum absolute atomic E-state index is 12.8. The smallest absolute Gasteiger partial charge is 0.246 e. The maximum atomic E-state index is 12.8. The van der Waals surface area contributed by atoms with Crippen molar-refractivity contribution in [3.05, 3.63) is 76.8 Å². The van der Waals surface area contributed by atoms with Crippen molar-refractivity contribution < 1.29 is 9.59 Å². The van der Waals surface area contributed by atoms with Crippen LogP contribution < -0.4 is 4.90 Å². The molecule has 0 bridgehead atoms. The molecule has 3 heterocycles. The number of piperidine rings is 1. The van der Waals surface area contributed by atoms with E-state index in [1.807, 2.05) is 52.7 Å². The number of amides is 2. The zero-order valence-corrected chi connectivity index (χ0v) is 20.4. The molecule has 172 valence electrons. The van der Waals surface area contributed by atoms with Crippen molar-refractivity contribution in [1.29, 1.82) is 0 Å². The fourth-order valence-corrected chi connectivity index (χ4v) is 6.12. The Hall–Kier alpha value is -3.36. The van der Waals surface area contributed by atoms with Gasteiger partial charge in [0.2, 0.25) is 11.8 Å². The Morgan fingerprint density at radius 1 is 1.03 bits per heavy atom. The molecule has 4 aromatic rings. The van der Waals surface area contributed by atoms with Crippen molar-refractivity contribution in [3.8, 4) is 0 Å². The number of nitrogens with zero attached hydrogens (tertiary/aromatic N) is 4. The Morgan fingerprint density at radius 2 is 1.76 bits per heavy atom. The number of hydrogen-bond acceptors (Lipinski definition) is 6. The van der Waals surface area contributed by atoms with E-state index >= 15 is 0 Å². The lowest BCUT2D eigenvalue weighted by molar-refractivity contribution is -0.127. The maximum Gasteiger partial charge on any atom is 0.246 e. The van der Waals surface area contributed by atoms with Crippen LogP contribution in [0, 0.1) is 0 Å². The first-order valence-corrected chi connectivity index (χ1v) is 12.9. The van der Waals surface area contributed by atoms with Crippen molar-refractivity contribution in [2.24, 2.45) is 0 Å². The standard InChI is InChI=1S/C26H24N4O2S2/c1-18(31)30(21-7-3-2-4-8-21)26-27-20(17-33-26)11-12-24(32)29-15-13-19(14-16-29)25-28-22-9-5-6-10-23(22)34-25/h2-12,17,19H,13-16H2,1H3. The Kier molecular flexibility index (Phi) is 6.51. The molecule has 0 radical (unpaired) electrons. The fraction of sp³-hybridized carbons (Fsp3) is 0.231. The normalized spacial score (nSPS) is 14.7. The van der Waals surface area contributed by atoms with E-state index in [2.05, 4.69) is 17.1 Å². The second-order valence-electron chi connectivity index (χ2n) is 8.20. The number of carbonyl (C=O) groups is 2. The van der Waals surface area contributed by atoms with Crippen LogP contribution in [0.1, 0.15) is 36.4 Å². The summed E-state index contributed by atoms with van der Waals surface area (Å²) in [5.74, 6) is 0.286. The van der Waals surface area contributed by atoms with E-state index in [9.17, 15) is 9.59 Å². The van der Waals surface area contributed by atoms with Crippen LogP contribution in [-0.4, -0.2) is 39.8 Å². The number of rotatable bonds is 5. The van der Waals surface area contributed by atoms with Crippen LogP contribution in [0.3, 0.4) is 0 Å². The molecule has 0 N–H and O–H groups in total. The highest BCUT2D eigenvalue weighted by Gasteiger charge is 2.25. The van der Waals surface area contributed by atoms with Gasteiger partial charge in [0.05, 0.1) is 26.6 Å². The van der Waals surface area contributed by atoms with Gasteiger partial charge in [0.25, 0.3) is 0 Å². The number of thiazole rings is 2. The monoisotopic (exact) mass is 488 g/mol. The minimum atomic E-state index is -0.108.